The van der Waals surface area contributed by atoms with Crippen molar-refractivity contribution in [3.8, 4) is 0 Å². The van der Waals surface area contributed by atoms with Crippen LogP contribution in [0.1, 0.15) is 33.4 Å². The fourth-order valence-corrected chi connectivity index (χ4v) is 7.11. The summed E-state index contributed by atoms with van der Waals surface area (Å²) in [5.41, 5.74) is 21.0. The lowest BCUT2D eigenvalue weighted by Gasteiger charge is -2.14. The zero-order chi connectivity index (χ0) is 46.1. The number of hydrogen-bond donors (Lipinski definition) is 6. The molecule has 0 spiro atoms. The Balaban J connectivity index is 0.000000148. The van der Waals surface area contributed by atoms with Crippen molar-refractivity contribution in [2.24, 2.45) is 0 Å². The van der Waals surface area contributed by atoms with Crippen molar-refractivity contribution < 1.29 is 0 Å². The molecule has 9 aromatic rings. The van der Waals surface area contributed by atoms with E-state index in [0.717, 1.165) is 68.2 Å². The molecule has 6 N–H and O–H groups in total. The highest BCUT2D eigenvalue weighted by molar-refractivity contribution is 5.71. The molecule has 0 bridgehead atoms. The van der Waals surface area contributed by atoms with E-state index in [-0.39, 0.29) is 0 Å². The molecule has 6 nitrogen and oxygen atoms in total. The largest absolute Gasteiger partial charge is 0.356 e. The Hall–Kier alpha value is -8.22. The Kier molecular flexibility index (Phi) is 15.9. The average molecular weight is 865 g/mol. The van der Waals surface area contributed by atoms with Crippen molar-refractivity contribution in [3.63, 3.8) is 0 Å². The maximum Gasteiger partial charge on any atom is 0.0416 e. The van der Waals surface area contributed by atoms with Crippen LogP contribution in [0.2, 0.25) is 0 Å². The van der Waals surface area contributed by atoms with Crippen LogP contribution in [0.5, 0.6) is 0 Å². The fourth-order valence-electron chi connectivity index (χ4n) is 7.11. The second-order valence-corrected chi connectivity index (χ2v) is 16.3. The maximum atomic E-state index is 3.50. The highest BCUT2D eigenvalue weighted by Crippen LogP contribution is 2.28. The predicted molar refractivity (Wildman–Crippen MR) is 286 cm³/mol. The lowest BCUT2D eigenvalue weighted by atomic mass is 10.1. The number of nitrogens with one attached hydrogen (secondary N) is 6. The van der Waals surface area contributed by atoms with Crippen LogP contribution in [-0.4, -0.2) is 0 Å². The third-order valence-corrected chi connectivity index (χ3v) is 11.4. The molecule has 0 atom stereocenters. The van der Waals surface area contributed by atoms with Gasteiger partial charge in [0.05, 0.1) is 0 Å². The summed E-state index contributed by atoms with van der Waals surface area (Å²) >= 11 is 0. The van der Waals surface area contributed by atoms with E-state index in [1.54, 1.807) is 0 Å². The van der Waals surface area contributed by atoms with E-state index in [1.807, 2.05) is 48.5 Å². The molecule has 0 amide bonds. The zero-order valence-electron chi connectivity index (χ0n) is 38.8. The van der Waals surface area contributed by atoms with Gasteiger partial charge in [0.2, 0.25) is 0 Å². The number of hydrogen-bond acceptors (Lipinski definition) is 6. The number of anilines is 12. The molecular weight excluding hydrogens is 805 g/mol. The van der Waals surface area contributed by atoms with Gasteiger partial charge in [0.25, 0.3) is 0 Å². The van der Waals surface area contributed by atoms with Crippen molar-refractivity contribution in [1.29, 1.82) is 0 Å². The Bertz CT molecular complexity index is 2690. The summed E-state index contributed by atoms with van der Waals surface area (Å²) in [6.07, 6.45) is 0. The minimum atomic E-state index is 1.08. The van der Waals surface area contributed by atoms with Gasteiger partial charge in [-0.25, -0.2) is 0 Å². The molecule has 0 fully saturated rings. The number of aryl methyl sites for hydroxylation is 4. The maximum absolute atomic E-state index is 3.50. The summed E-state index contributed by atoms with van der Waals surface area (Å²) in [5.74, 6) is 0. The zero-order valence-corrected chi connectivity index (χ0v) is 38.8. The summed E-state index contributed by atoms with van der Waals surface area (Å²) in [4.78, 5) is 0. The van der Waals surface area contributed by atoms with Crippen molar-refractivity contribution in [1.82, 2.24) is 0 Å². The second-order valence-electron chi connectivity index (χ2n) is 16.3. The summed E-state index contributed by atoms with van der Waals surface area (Å²) in [5, 5.41) is 20.6. The molecule has 0 heterocycles. The van der Waals surface area contributed by atoms with Crippen molar-refractivity contribution in [2.45, 2.75) is 41.5 Å². The highest BCUT2D eigenvalue weighted by Gasteiger charge is 2.05. The highest BCUT2D eigenvalue weighted by atomic mass is 14.9. The van der Waals surface area contributed by atoms with Crippen LogP contribution in [0.25, 0.3) is 0 Å². The van der Waals surface area contributed by atoms with Crippen LogP contribution in [-0.2, 0) is 0 Å². The normalized spacial score (nSPS) is 10.3. The molecule has 9 rings (SSSR count). The number of para-hydroxylation sites is 4. The van der Waals surface area contributed by atoms with Gasteiger partial charge in [-0.3, -0.25) is 0 Å². The molecule has 0 unspecified atom stereocenters. The van der Waals surface area contributed by atoms with E-state index in [2.05, 4.69) is 243 Å². The minimum absolute atomic E-state index is 1.08. The lowest BCUT2D eigenvalue weighted by molar-refractivity contribution is 1.32. The Morgan fingerprint density at radius 2 is 0.409 bits per heavy atom. The first kappa shape index (κ1) is 45.8. The predicted octanol–water partition coefficient (Wildman–Crippen LogP) is 17.4. The third-order valence-electron chi connectivity index (χ3n) is 11.4. The molecule has 0 radical (unpaired) electrons. The fraction of sp³-hybridized carbons (Fsp3) is 0.100. The topological polar surface area (TPSA) is 72.2 Å². The van der Waals surface area contributed by atoms with Crippen LogP contribution >= 0.6 is 0 Å². The van der Waals surface area contributed by atoms with Crippen molar-refractivity contribution in [2.75, 3.05) is 31.9 Å². The van der Waals surface area contributed by atoms with Crippen molar-refractivity contribution in [3.05, 3.63) is 252 Å². The van der Waals surface area contributed by atoms with Crippen LogP contribution in [0.3, 0.4) is 0 Å². The van der Waals surface area contributed by atoms with E-state index in [4.69, 9.17) is 0 Å². The van der Waals surface area contributed by atoms with Gasteiger partial charge in [-0.1, -0.05) is 97.1 Å². The van der Waals surface area contributed by atoms with Gasteiger partial charge in [0.15, 0.2) is 0 Å². The molecule has 0 saturated heterocycles. The minimum Gasteiger partial charge on any atom is -0.356 e. The van der Waals surface area contributed by atoms with Gasteiger partial charge in [0, 0.05) is 68.2 Å². The molecular formula is C60H60N6. The second kappa shape index (κ2) is 22.9. The van der Waals surface area contributed by atoms with Gasteiger partial charge in [0.1, 0.15) is 0 Å². The van der Waals surface area contributed by atoms with E-state index in [1.165, 1.54) is 33.4 Å². The van der Waals surface area contributed by atoms with Crippen LogP contribution in [0, 0.1) is 41.5 Å². The SMILES string of the molecule is Cc1cccc(Nc2ccc(Nc3cccc(C)c3C)cc2)c1C.Cc1ccccc1Nc1ccc(Nc2ccccc2C)cc1.c1ccc(Nc2ccc(Nc3ccccc3)cc2)cc1. The Morgan fingerprint density at radius 3 is 0.727 bits per heavy atom. The van der Waals surface area contributed by atoms with E-state index >= 15 is 0 Å². The molecule has 0 saturated carbocycles. The first-order valence-corrected chi connectivity index (χ1v) is 22.4. The Labute approximate surface area is 391 Å². The standard InChI is InChI=1S/C22H24N2.C20H20N2.C18H16N2/c1-15-7-5-9-21(17(15)3)23-19-11-13-20(14-12-19)24-22-10-6-8-16(2)18(22)4;1-15-7-3-5-9-19(15)21-17-11-13-18(14-12-17)22-20-10-6-4-8-16(20)2;1-3-7-15(8-4-1)19-17-11-13-18(14-12-17)20-16-9-5-2-6-10-16/h5-14,23-24H,1-4H3;3-14,21-22H,1-2H3;1-14,19-20H. The average Bonchev–Trinajstić information content (AvgIpc) is 3.34. The summed E-state index contributed by atoms with van der Waals surface area (Å²) in [7, 11) is 0. The first-order valence-electron chi connectivity index (χ1n) is 22.4. The molecule has 6 heteroatoms. The molecule has 9 aromatic carbocycles. The molecule has 330 valence electrons. The van der Waals surface area contributed by atoms with Crippen LogP contribution in [0.4, 0.5) is 68.2 Å². The van der Waals surface area contributed by atoms with Crippen LogP contribution < -0.4 is 31.9 Å². The van der Waals surface area contributed by atoms with E-state index in [9.17, 15) is 0 Å². The summed E-state index contributed by atoms with van der Waals surface area (Å²) in [6, 6.07) is 74.6. The van der Waals surface area contributed by atoms with Crippen molar-refractivity contribution >= 4 is 68.2 Å². The molecule has 0 aliphatic heterocycles. The summed E-state index contributed by atoms with van der Waals surface area (Å²) in [6.45, 7) is 12.8. The molecule has 0 aromatic heterocycles. The molecule has 66 heavy (non-hydrogen) atoms. The van der Waals surface area contributed by atoms with E-state index < -0.39 is 0 Å². The van der Waals surface area contributed by atoms with Gasteiger partial charge in [-0.15, -0.1) is 0 Å². The number of benzene rings is 9. The lowest BCUT2D eigenvalue weighted by Crippen LogP contribution is -1.96. The smallest absolute Gasteiger partial charge is 0.0416 e. The Morgan fingerprint density at radius 1 is 0.182 bits per heavy atom. The van der Waals surface area contributed by atoms with Gasteiger partial charge < -0.3 is 31.9 Å². The quantitative estimate of drug-likeness (QED) is 0.0735. The van der Waals surface area contributed by atoms with Gasteiger partial charge >= 0.3 is 0 Å². The van der Waals surface area contributed by atoms with E-state index in [0.29, 0.717) is 0 Å². The summed E-state index contributed by atoms with van der Waals surface area (Å²) < 4.78 is 0. The molecule has 0 aliphatic rings. The van der Waals surface area contributed by atoms with Gasteiger partial charge in [-0.05, 0) is 196 Å². The number of rotatable bonds is 12. The van der Waals surface area contributed by atoms with Crippen LogP contribution in [0.15, 0.2) is 218 Å². The monoisotopic (exact) mass is 864 g/mol. The molecule has 0 aliphatic carbocycles. The third kappa shape index (κ3) is 13.4. The first-order chi connectivity index (χ1) is 32.2. The van der Waals surface area contributed by atoms with Gasteiger partial charge in [-0.2, -0.15) is 0 Å².